The minimum absolute atomic E-state index is 0.223. The number of aryl methyl sites for hydroxylation is 2. The van der Waals surface area contributed by atoms with Crippen LogP contribution in [0.1, 0.15) is 22.4 Å². The van der Waals surface area contributed by atoms with Crippen molar-refractivity contribution in [2.24, 2.45) is 0 Å². The topological polar surface area (TPSA) is 56.9 Å². The van der Waals surface area contributed by atoms with Gasteiger partial charge in [-0.15, -0.1) is 0 Å². The number of hydrogen-bond donors (Lipinski definition) is 3. The van der Waals surface area contributed by atoms with Gasteiger partial charge >= 0.3 is 6.03 Å². The number of halogens is 1. The Morgan fingerprint density at radius 2 is 1.92 bits per heavy atom. The van der Waals surface area contributed by atoms with Gasteiger partial charge in [0.1, 0.15) is 5.82 Å². The quantitative estimate of drug-likeness (QED) is 0.647. The molecule has 3 rings (SSSR count). The zero-order valence-corrected chi connectivity index (χ0v) is 14.4. The highest BCUT2D eigenvalue weighted by atomic mass is 19.1. The first kappa shape index (κ1) is 17.0. The second kappa shape index (κ2) is 7.38. The first-order valence-corrected chi connectivity index (χ1v) is 8.37. The lowest BCUT2D eigenvalue weighted by molar-refractivity contribution is 0.240. The Balaban J connectivity index is 1.50. The molecule has 0 atom stereocenters. The van der Waals surface area contributed by atoms with Gasteiger partial charge in [0, 0.05) is 29.7 Å². The molecule has 0 saturated heterocycles. The fraction of sp³-hybridized carbons (Fsp3) is 0.250. The molecule has 3 aromatic rings. The van der Waals surface area contributed by atoms with Gasteiger partial charge < -0.3 is 15.6 Å². The fourth-order valence-electron chi connectivity index (χ4n) is 3.02. The smallest absolute Gasteiger partial charge is 0.315 e. The lowest BCUT2D eigenvalue weighted by atomic mass is 10.1. The van der Waals surface area contributed by atoms with Crippen molar-refractivity contribution in [3.63, 3.8) is 0 Å². The minimum Gasteiger partial charge on any atom is -0.358 e. The molecule has 2 amide bonds. The maximum atomic E-state index is 13.2. The van der Waals surface area contributed by atoms with Gasteiger partial charge in [0.25, 0.3) is 0 Å². The molecule has 0 unspecified atom stereocenters. The van der Waals surface area contributed by atoms with E-state index in [0.717, 1.165) is 23.2 Å². The summed E-state index contributed by atoms with van der Waals surface area (Å²) in [5, 5.41) is 6.87. The molecule has 130 valence electrons. The molecule has 0 saturated carbocycles. The number of aromatic amines is 1. The van der Waals surface area contributed by atoms with E-state index >= 15 is 0 Å². The van der Waals surface area contributed by atoms with E-state index in [2.05, 4.69) is 27.8 Å². The van der Waals surface area contributed by atoms with Crippen molar-refractivity contribution in [2.75, 3.05) is 6.54 Å². The van der Waals surface area contributed by atoms with Crippen LogP contribution in [-0.2, 0) is 13.0 Å². The molecule has 1 heterocycles. The van der Waals surface area contributed by atoms with E-state index in [0.29, 0.717) is 18.7 Å². The molecule has 5 heteroatoms. The second-order valence-corrected chi connectivity index (χ2v) is 6.22. The molecule has 0 fully saturated rings. The maximum Gasteiger partial charge on any atom is 0.315 e. The molecule has 0 aliphatic rings. The molecular weight excluding hydrogens is 317 g/mol. The highest BCUT2D eigenvalue weighted by molar-refractivity contribution is 5.84. The van der Waals surface area contributed by atoms with Crippen molar-refractivity contribution < 1.29 is 9.18 Å². The molecule has 0 aliphatic carbocycles. The van der Waals surface area contributed by atoms with Crippen LogP contribution < -0.4 is 10.6 Å². The Bertz CT molecular complexity index is 901. The number of fused-ring (bicyclic) bond motifs is 1. The van der Waals surface area contributed by atoms with Crippen molar-refractivity contribution in [2.45, 2.75) is 26.8 Å². The van der Waals surface area contributed by atoms with E-state index in [4.69, 9.17) is 0 Å². The van der Waals surface area contributed by atoms with Crippen molar-refractivity contribution in [1.29, 1.82) is 0 Å². The van der Waals surface area contributed by atoms with Crippen molar-refractivity contribution in [1.82, 2.24) is 15.6 Å². The van der Waals surface area contributed by atoms with Gasteiger partial charge in [-0.05, 0) is 49.1 Å². The Hall–Kier alpha value is -2.82. The van der Waals surface area contributed by atoms with E-state index in [1.807, 2.05) is 19.1 Å². The number of nitrogens with one attached hydrogen (secondary N) is 3. The highest BCUT2D eigenvalue weighted by Crippen LogP contribution is 2.21. The number of rotatable bonds is 5. The summed E-state index contributed by atoms with van der Waals surface area (Å²) in [5.41, 5.74) is 4.93. The second-order valence-electron chi connectivity index (χ2n) is 6.22. The first-order chi connectivity index (χ1) is 12.0. The average Bonchev–Trinajstić information content (AvgIpc) is 2.92. The monoisotopic (exact) mass is 339 g/mol. The summed E-state index contributed by atoms with van der Waals surface area (Å²) in [5.74, 6) is -0.234. The zero-order valence-electron chi connectivity index (χ0n) is 14.4. The summed E-state index contributed by atoms with van der Waals surface area (Å²) in [7, 11) is 0. The predicted molar refractivity (Wildman–Crippen MR) is 98.1 cm³/mol. The summed E-state index contributed by atoms with van der Waals surface area (Å²) in [4.78, 5) is 15.3. The van der Waals surface area contributed by atoms with Gasteiger partial charge in [0.15, 0.2) is 0 Å². The molecule has 0 bridgehead atoms. The standard InChI is InChI=1S/C20H22FN3O/c1-13-11-15(7-8-18(13)21)12-23-20(25)22-10-9-16-14(2)24-19-6-4-3-5-17(16)19/h3-8,11,24H,9-10,12H2,1-2H3,(H2,22,23,25). The molecule has 4 nitrogen and oxygen atoms in total. The van der Waals surface area contributed by atoms with E-state index in [-0.39, 0.29) is 11.8 Å². The molecular formula is C20H22FN3O. The number of carbonyl (C=O) groups excluding carboxylic acids is 1. The lowest BCUT2D eigenvalue weighted by Crippen LogP contribution is -2.36. The molecule has 0 radical (unpaired) electrons. The minimum atomic E-state index is -0.234. The number of urea groups is 1. The van der Waals surface area contributed by atoms with Gasteiger partial charge in [-0.1, -0.05) is 30.3 Å². The third-order valence-corrected chi connectivity index (χ3v) is 4.36. The van der Waals surface area contributed by atoms with Crippen LogP contribution in [0, 0.1) is 19.7 Å². The van der Waals surface area contributed by atoms with Crippen LogP contribution >= 0.6 is 0 Å². The summed E-state index contributed by atoms with van der Waals surface area (Å²) in [6, 6.07) is 12.8. The van der Waals surface area contributed by atoms with Crippen LogP contribution in [0.25, 0.3) is 10.9 Å². The normalized spacial score (nSPS) is 10.8. The third kappa shape index (κ3) is 3.99. The van der Waals surface area contributed by atoms with E-state index in [1.54, 1.807) is 19.1 Å². The summed E-state index contributed by atoms with van der Waals surface area (Å²) < 4.78 is 13.2. The summed E-state index contributed by atoms with van der Waals surface area (Å²) in [6.07, 6.45) is 0.763. The third-order valence-electron chi connectivity index (χ3n) is 4.36. The van der Waals surface area contributed by atoms with Gasteiger partial charge in [0.2, 0.25) is 0 Å². The van der Waals surface area contributed by atoms with Crippen LogP contribution in [0.5, 0.6) is 0 Å². The van der Waals surface area contributed by atoms with Gasteiger partial charge in [-0.2, -0.15) is 0 Å². The van der Waals surface area contributed by atoms with Crippen molar-refractivity contribution in [3.05, 3.63) is 70.7 Å². The number of benzene rings is 2. The number of para-hydroxylation sites is 1. The molecule has 25 heavy (non-hydrogen) atoms. The number of amides is 2. The maximum absolute atomic E-state index is 13.2. The number of hydrogen-bond acceptors (Lipinski definition) is 1. The van der Waals surface area contributed by atoms with Crippen LogP contribution in [0.2, 0.25) is 0 Å². The Morgan fingerprint density at radius 3 is 2.72 bits per heavy atom. The van der Waals surface area contributed by atoms with E-state index in [1.165, 1.54) is 17.0 Å². The molecule has 0 spiro atoms. The number of aromatic nitrogens is 1. The largest absolute Gasteiger partial charge is 0.358 e. The Labute approximate surface area is 146 Å². The van der Waals surface area contributed by atoms with Gasteiger partial charge in [-0.3, -0.25) is 0 Å². The lowest BCUT2D eigenvalue weighted by Gasteiger charge is -2.09. The van der Waals surface area contributed by atoms with Crippen LogP contribution in [0.15, 0.2) is 42.5 Å². The van der Waals surface area contributed by atoms with Crippen LogP contribution in [0.3, 0.4) is 0 Å². The molecule has 0 aliphatic heterocycles. The Kier molecular flexibility index (Phi) is 5.03. The van der Waals surface area contributed by atoms with Gasteiger partial charge in [-0.25, -0.2) is 9.18 Å². The molecule has 1 aromatic heterocycles. The molecule has 3 N–H and O–H groups in total. The van der Waals surface area contributed by atoms with E-state index < -0.39 is 0 Å². The van der Waals surface area contributed by atoms with E-state index in [9.17, 15) is 9.18 Å². The van der Waals surface area contributed by atoms with Crippen molar-refractivity contribution >= 4 is 16.9 Å². The van der Waals surface area contributed by atoms with Crippen LogP contribution in [-0.4, -0.2) is 17.6 Å². The average molecular weight is 339 g/mol. The zero-order chi connectivity index (χ0) is 17.8. The highest BCUT2D eigenvalue weighted by Gasteiger charge is 2.08. The predicted octanol–water partition coefficient (Wildman–Crippen LogP) is 3.97. The SMILES string of the molecule is Cc1cc(CNC(=O)NCCc2c(C)[nH]c3ccccc23)ccc1F. The number of H-pyrrole nitrogens is 1. The Morgan fingerprint density at radius 1 is 1.12 bits per heavy atom. The fourth-order valence-corrected chi connectivity index (χ4v) is 3.02. The number of carbonyl (C=O) groups is 1. The summed E-state index contributed by atoms with van der Waals surface area (Å²) >= 11 is 0. The first-order valence-electron chi connectivity index (χ1n) is 8.37. The van der Waals surface area contributed by atoms with Gasteiger partial charge in [0.05, 0.1) is 0 Å². The van der Waals surface area contributed by atoms with Crippen LogP contribution in [0.4, 0.5) is 9.18 Å². The summed E-state index contributed by atoms with van der Waals surface area (Å²) in [6.45, 7) is 4.69. The molecule has 2 aromatic carbocycles. The van der Waals surface area contributed by atoms with Crippen molar-refractivity contribution in [3.8, 4) is 0 Å².